The van der Waals surface area contributed by atoms with Crippen LogP contribution >= 0.6 is 0 Å². The standard InChI is InChI=1S/C25H32N2O4/c1-6-25(4,5)30-16-23(28)27-21-10-8-7-9-18(21)11-12-19-13-14-20(15-22(19)27)26-24(29)31-17(2)3/h7-10,13-15,17H,6,11-12,16H2,1-5H3,(H,26,29). The van der Waals surface area contributed by atoms with Crippen LogP contribution < -0.4 is 10.2 Å². The zero-order valence-corrected chi connectivity index (χ0v) is 19.0. The number of para-hydroxylation sites is 1. The van der Waals surface area contributed by atoms with Crippen molar-refractivity contribution < 1.29 is 19.1 Å². The molecule has 1 heterocycles. The number of nitrogens with one attached hydrogen (secondary N) is 1. The van der Waals surface area contributed by atoms with E-state index in [-0.39, 0.29) is 24.2 Å². The smallest absolute Gasteiger partial charge is 0.411 e. The molecule has 2 amide bonds. The lowest BCUT2D eigenvalue weighted by molar-refractivity contribution is -0.128. The number of carbonyl (C=O) groups excluding carboxylic acids is 2. The first-order chi connectivity index (χ1) is 14.7. The third-order valence-electron chi connectivity index (χ3n) is 5.50. The topological polar surface area (TPSA) is 67.9 Å². The number of ether oxygens (including phenoxy) is 2. The molecule has 166 valence electrons. The maximum atomic E-state index is 13.4. The number of hydrogen-bond acceptors (Lipinski definition) is 4. The molecule has 6 nitrogen and oxygen atoms in total. The molecule has 0 aliphatic carbocycles. The molecule has 0 bridgehead atoms. The summed E-state index contributed by atoms with van der Waals surface area (Å²) in [5.74, 6) is -0.140. The minimum Gasteiger partial charge on any atom is -0.447 e. The highest BCUT2D eigenvalue weighted by Gasteiger charge is 2.28. The number of fused-ring (bicyclic) bond motifs is 2. The number of anilines is 3. The summed E-state index contributed by atoms with van der Waals surface area (Å²) in [6.45, 7) is 9.56. The molecule has 6 heteroatoms. The molecule has 0 radical (unpaired) electrons. The van der Waals surface area contributed by atoms with Gasteiger partial charge in [-0.1, -0.05) is 31.2 Å². The van der Waals surface area contributed by atoms with E-state index in [4.69, 9.17) is 9.47 Å². The summed E-state index contributed by atoms with van der Waals surface area (Å²) in [5.41, 5.74) is 3.96. The van der Waals surface area contributed by atoms with E-state index in [1.165, 1.54) is 0 Å². The van der Waals surface area contributed by atoms with Gasteiger partial charge >= 0.3 is 6.09 Å². The Labute approximate surface area is 184 Å². The molecule has 0 saturated heterocycles. The van der Waals surface area contributed by atoms with Gasteiger partial charge in [0.25, 0.3) is 5.91 Å². The van der Waals surface area contributed by atoms with Crippen molar-refractivity contribution in [2.45, 2.75) is 65.6 Å². The van der Waals surface area contributed by atoms with Gasteiger partial charge in [-0.3, -0.25) is 15.0 Å². The van der Waals surface area contributed by atoms with E-state index in [0.717, 1.165) is 41.8 Å². The molecule has 0 atom stereocenters. The molecule has 1 N–H and O–H groups in total. The number of nitrogens with zero attached hydrogens (tertiary/aromatic N) is 1. The molecule has 1 aliphatic rings. The van der Waals surface area contributed by atoms with Crippen molar-refractivity contribution in [1.82, 2.24) is 0 Å². The minimum atomic E-state index is -0.519. The Kier molecular flexibility index (Phi) is 7.01. The summed E-state index contributed by atoms with van der Waals surface area (Å²) in [6, 6.07) is 13.6. The fraction of sp³-hybridized carbons (Fsp3) is 0.440. The van der Waals surface area contributed by atoms with Crippen molar-refractivity contribution in [3.63, 3.8) is 0 Å². The maximum Gasteiger partial charge on any atom is 0.411 e. The highest BCUT2D eigenvalue weighted by Crippen LogP contribution is 2.38. The second kappa shape index (κ2) is 9.52. The maximum absolute atomic E-state index is 13.4. The summed E-state index contributed by atoms with van der Waals surface area (Å²) < 4.78 is 11.1. The van der Waals surface area contributed by atoms with Crippen molar-refractivity contribution in [3.8, 4) is 0 Å². The summed E-state index contributed by atoms with van der Waals surface area (Å²) >= 11 is 0. The van der Waals surface area contributed by atoms with Crippen LogP contribution in [-0.2, 0) is 27.1 Å². The summed E-state index contributed by atoms with van der Waals surface area (Å²) in [6.07, 6.45) is 1.70. The zero-order chi connectivity index (χ0) is 22.6. The predicted octanol–water partition coefficient (Wildman–Crippen LogP) is 5.61. The second-order valence-corrected chi connectivity index (χ2v) is 8.68. The third-order valence-corrected chi connectivity index (χ3v) is 5.50. The number of aryl methyl sites for hydroxylation is 2. The average Bonchev–Trinajstić information content (AvgIpc) is 2.88. The van der Waals surface area contributed by atoms with Gasteiger partial charge in [0.2, 0.25) is 0 Å². The van der Waals surface area contributed by atoms with Gasteiger partial charge in [0.1, 0.15) is 6.61 Å². The van der Waals surface area contributed by atoms with E-state index in [1.807, 2.05) is 57.2 Å². The van der Waals surface area contributed by atoms with Crippen LogP contribution in [0.4, 0.5) is 21.9 Å². The van der Waals surface area contributed by atoms with Gasteiger partial charge in [-0.2, -0.15) is 0 Å². The largest absolute Gasteiger partial charge is 0.447 e. The zero-order valence-electron chi connectivity index (χ0n) is 19.0. The number of benzene rings is 2. The van der Waals surface area contributed by atoms with E-state index in [0.29, 0.717) is 5.69 Å². The van der Waals surface area contributed by atoms with Crippen LogP contribution in [-0.4, -0.2) is 30.3 Å². The van der Waals surface area contributed by atoms with Crippen LogP contribution in [0.15, 0.2) is 42.5 Å². The Balaban J connectivity index is 1.97. The van der Waals surface area contributed by atoms with Gasteiger partial charge in [0, 0.05) is 5.69 Å². The Morgan fingerprint density at radius 3 is 2.42 bits per heavy atom. The number of hydrogen-bond donors (Lipinski definition) is 1. The molecule has 0 spiro atoms. The highest BCUT2D eigenvalue weighted by molar-refractivity contribution is 6.03. The van der Waals surface area contributed by atoms with Crippen LogP contribution in [0.1, 0.15) is 52.2 Å². The van der Waals surface area contributed by atoms with Gasteiger partial charge in [0.15, 0.2) is 0 Å². The monoisotopic (exact) mass is 424 g/mol. The van der Waals surface area contributed by atoms with E-state index in [1.54, 1.807) is 18.7 Å². The van der Waals surface area contributed by atoms with Crippen LogP contribution in [0.3, 0.4) is 0 Å². The van der Waals surface area contributed by atoms with E-state index >= 15 is 0 Å². The quantitative estimate of drug-likeness (QED) is 0.654. The molecule has 0 saturated carbocycles. The average molecular weight is 425 g/mol. The summed E-state index contributed by atoms with van der Waals surface area (Å²) in [5, 5.41) is 2.76. The molecular weight excluding hydrogens is 392 g/mol. The van der Waals surface area contributed by atoms with E-state index in [9.17, 15) is 9.59 Å². The lowest BCUT2D eigenvalue weighted by atomic mass is 10.0. The van der Waals surface area contributed by atoms with Crippen LogP contribution in [0, 0.1) is 0 Å². The summed E-state index contributed by atoms with van der Waals surface area (Å²) in [7, 11) is 0. The first-order valence-electron chi connectivity index (χ1n) is 10.9. The molecule has 0 fully saturated rings. The predicted molar refractivity (Wildman–Crippen MR) is 123 cm³/mol. The normalized spacial score (nSPS) is 13.3. The number of rotatable bonds is 6. The van der Waals surface area contributed by atoms with Crippen molar-refractivity contribution in [3.05, 3.63) is 53.6 Å². The van der Waals surface area contributed by atoms with Gasteiger partial charge < -0.3 is 9.47 Å². The Morgan fingerprint density at radius 2 is 1.74 bits per heavy atom. The fourth-order valence-corrected chi connectivity index (χ4v) is 3.45. The molecule has 0 unspecified atom stereocenters. The molecule has 2 aromatic rings. The van der Waals surface area contributed by atoms with Gasteiger partial charge in [0.05, 0.1) is 23.1 Å². The third kappa shape index (κ3) is 5.64. The molecular formula is C25H32N2O4. The molecule has 0 aromatic heterocycles. The Bertz CT molecular complexity index is 952. The lowest BCUT2D eigenvalue weighted by Crippen LogP contribution is -2.35. The fourth-order valence-electron chi connectivity index (χ4n) is 3.45. The van der Waals surface area contributed by atoms with Crippen LogP contribution in [0.25, 0.3) is 0 Å². The molecule has 3 rings (SSSR count). The van der Waals surface area contributed by atoms with Crippen molar-refractivity contribution >= 4 is 29.1 Å². The van der Waals surface area contributed by atoms with Gasteiger partial charge in [-0.25, -0.2) is 4.79 Å². The second-order valence-electron chi connectivity index (χ2n) is 8.68. The van der Waals surface area contributed by atoms with Crippen molar-refractivity contribution in [2.75, 3.05) is 16.8 Å². The van der Waals surface area contributed by atoms with Crippen molar-refractivity contribution in [1.29, 1.82) is 0 Å². The first kappa shape index (κ1) is 22.8. The Morgan fingerprint density at radius 1 is 1.06 bits per heavy atom. The van der Waals surface area contributed by atoms with Crippen LogP contribution in [0.5, 0.6) is 0 Å². The number of carbonyl (C=O) groups is 2. The first-order valence-corrected chi connectivity index (χ1v) is 10.9. The van der Waals surface area contributed by atoms with E-state index in [2.05, 4.69) is 11.4 Å². The lowest BCUT2D eigenvalue weighted by Gasteiger charge is -2.28. The van der Waals surface area contributed by atoms with Crippen LogP contribution in [0.2, 0.25) is 0 Å². The molecule has 2 aromatic carbocycles. The molecule has 31 heavy (non-hydrogen) atoms. The van der Waals surface area contributed by atoms with Gasteiger partial charge in [-0.15, -0.1) is 0 Å². The minimum absolute atomic E-state index is 0.0261. The van der Waals surface area contributed by atoms with Gasteiger partial charge in [-0.05, 0) is 76.3 Å². The molecule has 1 aliphatic heterocycles. The van der Waals surface area contributed by atoms with Crippen molar-refractivity contribution in [2.24, 2.45) is 0 Å². The summed E-state index contributed by atoms with van der Waals surface area (Å²) in [4.78, 5) is 27.2. The highest BCUT2D eigenvalue weighted by atomic mass is 16.6. The number of amides is 2. The SMILES string of the molecule is CCC(C)(C)OCC(=O)N1c2ccccc2CCc2ccc(NC(=O)OC(C)C)cc21. The van der Waals surface area contributed by atoms with E-state index < -0.39 is 6.09 Å². The Hall–Kier alpha value is -2.86.